The average Bonchev–Trinajstić information content (AvgIpc) is 3.55. The van der Waals surface area contributed by atoms with Crippen LogP contribution in [0.25, 0.3) is 0 Å². The number of ether oxygens (including phenoxy) is 2. The van der Waals surface area contributed by atoms with Crippen LogP contribution in [0.2, 0.25) is 0 Å². The van der Waals surface area contributed by atoms with Gasteiger partial charge in [0.2, 0.25) is 10.0 Å². The second kappa shape index (κ2) is 11.0. The van der Waals surface area contributed by atoms with Gasteiger partial charge in [-0.05, 0) is 48.9 Å². The lowest BCUT2D eigenvalue weighted by Gasteiger charge is -2.22. The van der Waals surface area contributed by atoms with E-state index in [0.717, 1.165) is 11.1 Å². The quantitative estimate of drug-likeness (QED) is 0.314. The molecule has 0 bridgehead atoms. The highest BCUT2D eigenvalue weighted by molar-refractivity contribution is 7.89. The predicted octanol–water partition coefficient (Wildman–Crippen LogP) is 4.52. The summed E-state index contributed by atoms with van der Waals surface area (Å²) in [5.41, 5.74) is 2.28. The Balaban J connectivity index is 1.60. The first-order valence-corrected chi connectivity index (χ1v) is 13.1. The highest BCUT2D eigenvalue weighted by Crippen LogP contribution is 2.31. The van der Waals surface area contributed by atoms with Crippen LogP contribution < -0.4 is 9.47 Å². The van der Waals surface area contributed by atoms with Gasteiger partial charge in [0.25, 0.3) is 0 Å². The minimum atomic E-state index is -3.81. The molecule has 0 aliphatic rings. The summed E-state index contributed by atoms with van der Waals surface area (Å²) in [6, 6.07) is 15.6. The fourth-order valence-corrected chi connectivity index (χ4v) is 5.52. The third-order valence-electron chi connectivity index (χ3n) is 5.27. The number of benzene rings is 2. The van der Waals surface area contributed by atoms with Crippen molar-refractivity contribution in [3.63, 3.8) is 0 Å². The molecule has 0 aliphatic carbocycles. The van der Waals surface area contributed by atoms with Crippen LogP contribution in [0.1, 0.15) is 27.6 Å². The number of hydrogen-bond donors (Lipinski definition) is 1. The Morgan fingerprint density at radius 1 is 1.09 bits per heavy atom. The lowest BCUT2D eigenvalue weighted by molar-refractivity contribution is 0.271. The molecule has 10 heteroatoms. The van der Waals surface area contributed by atoms with Gasteiger partial charge in [0.05, 0.1) is 37.1 Å². The molecule has 2 heterocycles. The Morgan fingerprint density at radius 2 is 1.89 bits per heavy atom. The fraction of sp³-hybridized carbons (Fsp3) is 0.240. The van der Waals surface area contributed by atoms with Gasteiger partial charge in [-0.15, -0.1) is 11.3 Å². The van der Waals surface area contributed by atoms with E-state index in [1.165, 1.54) is 21.9 Å². The van der Waals surface area contributed by atoms with Crippen molar-refractivity contribution in [3.05, 3.63) is 93.8 Å². The standard InChI is InChI=1S/C25H26N2O6S2/c1-18-5-8-22(9-6-18)35(29,30)27(14-21-4-3-11-32-21)13-19-7-10-23(31-2)24(12-19)33-16-25-26-20(15-28)17-34-25/h3-12,17,28H,13-16H2,1-2H3. The van der Waals surface area contributed by atoms with Crippen molar-refractivity contribution in [2.24, 2.45) is 0 Å². The molecule has 2 aromatic heterocycles. The fourth-order valence-electron chi connectivity index (χ4n) is 3.42. The lowest BCUT2D eigenvalue weighted by atomic mass is 10.2. The number of hydrogen-bond acceptors (Lipinski definition) is 8. The van der Waals surface area contributed by atoms with Gasteiger partial charge in [-0.2, -0.15) is 4.31 Å². The number of methoxy groups -OCH3 is 1. The first kappa shape index (κ1) is 24.9. The number of aryl methyl sites for hydroxylation is 1. The molecular weight excluding hydrogens is 488 g/mol. The lowest BCUT2D eigenvalue weighted by Crippen LogP contribution is -2.30. The molecule has 1 N–H and O–H groups in total. The van der Waals surface area contributed by atoms with Gasteiger partial charge in [0, 0.05) is 11.9 Å². The zero-order chi connectivity index (χ0) is 24.8. The maximum atomic E-state index is 13.5. The van der Waals surface area contributed by atoms with Crippen molar-refractivity contribution >= 4 is 21.4 Å². The van der Waals surface area contributed by atoms with Crippen molar-refractivity contribution in [1.82, 2.24) is 9.29 Å². The predicted molar refractivity (Wildman–Crippen MR) is 132 cm³/mol. The molecule has 2 aromatic carbocycles. The Bertz CT molecular complexity index is 1350. The molecule has 0 radical (unpaired) electrons. The van der Waals surface area contributed by atoms with Crippen molar-refractivity contribution in [2.45, 2.75) is 38.1 Å². The summed E-state index contributed by atoms with van der Waals surface area (Å²) in [6.45, 7) is 2.16. The summed E-state index contributed by atoms with van der Waals surface area (Å²) < 4.78 is 45.2. The van der Waals surface area contributed by atoms with E-state index in [4.69, 9.17) is 13.9 Å². The molecule has 0 unspecified atom stereocenters. The monoisotopic (exact) mass is 514 g/mol. The second-order valence-corrected chi connectivity index (χ2v) is 10.7. The molecule has 0 amide bonds. The molecule has 0 atom stereocenters. The number of aliphatic hydroxyl groups excluding tert-OH is 1. The highest BCUT2D eigenvalue weighted by atomic mass is 32.2. The molecule has 184 valence electrons. The van der Waals surface area contributed by atoms with Crippen LogP contribution in [0.3, 0.4) is 0 Å². The molecule has 0 saturated heterocycles. The van der Waals surface area contributed by atoms with Gasteiger partial charge in [-0.1, -0.05) is 23.8 Å². The van der Waals surface area contributed by atoms with Gasteiger partial charge in [0.15, 0.2) is 11.5 Å². The van der Waals surface area contributed by atoms with E-state index >= 15 is 0 Å². The van der Waals surface area contributed by atoms with Crippen LogP contribution in [-0.2, 0) is 36.3 Å². The zero-order valence-electron chi connectivity index (χ0n) is 19.4. The Hall–Kier alpha value is -3.18. The van der Waals surface area contributed by atoms with Crippen LogP contribution in [0.5, 0.6) is 11.5 Å². The largest absolute Gasteiger partial charge is 0.493 e. The Labute approximate surface area is 208 Å². The van der Waals surface area contributed by atoms with Crippen LogP contribution >= 0.6 is 11.3 Å². The molecule has 8 nitrogen and oxygen atoms in total. The minimum absolute atomic E-state index is 0.0779. The van der Waals surface area contributed by atoms with E-state index in [1.54, 1.807) is 67.1 Å². The number of sulfonamides is 1. The van der Waals surface area contributed by atoms with E-state index in [9.17, 15) is 13.5 Å². The molecule has 0 fully saturated rings. The maximum absolute atomic E-state index is 13.5. The van der Waals surface area contributed by atoms with Gasteiger partial charge < -0.3 is 19.0 Å². The molecule has 35 heavy (non-hydrogen) atoms. The van der Waals surface area contributed by atoms with E-state index in [2.05, 4.69) is 4.98 Å². The molecule has 0 aliphatic heterocycles. The van der Waals surface area contributed by atoms with Gasteiger partial charge >= 0.3 is 0 Å². The number of rotatable bonds is 11. The zero-order valence-corrected chi connectivity index (χ0v) is 21.0. The number of aliphatic hydroxyl groups is 1. The highest BCUT2D eigenvalue weighted by Gasteiger charge is 2.26. The van der Waals surface area contributed by atoms with E-state index in [0.29, 0.717) is 28.0 Å². The molecule has 0 spiro atoms. The minimum Gasteiger partial charge on any atom is -0.493 e. The summed E-state index contributed by atoms with van der Waals surface area (Å²) in [6.07, 6.45) is 1.52. The number of nitrogens with zero attached hydrogens (tertiary/aromatic N) is 2. The van der Waals surface area contributed by atoms with Crippen molar-refractivity contribution in [3.8, 4) is 11.5 Å². The average molecular weight is 515 g/mol. The molecular formula is C25H26N2O6S2. The maximum Gasteiger partial charge on any atom is 0.243 e. The van der Waals surface area contributed by atoms with Gasteiger partial charge in [-0.25, -0.2) is 13.4 Å². The van der Waals surface area contributed by atoms with Gasteiger partial charge in [-0.3, -0.25) is 0 Å². The Morgan fingerprint density at radius 3 is 2.54 bits per heavy atom. The van der Waals surface area contributed by atoms with Crippen LogP contribution in [0, 0.1) is 6.92 Å². The summed E-state index contributed by atoms with van der Waals surface area (Å²) in [5, 5.41) is 11.7. The first-order valence-electron chi connectivity index (χ1n) is 10.8. The summed E-state index contributed by atoms with van der Waals surface area (Å²) in [5.74, 6) is 1.53. The number of aromatic nitrogens is 1. The smallest absolute Gasteiger partial charge is 0.243 e. The van der Waals surface area contributed by atoms with E-state index < -0.39 is 10.0 Å². The van der Waals surface area contributed by atoms with Crippen molar-refractivity contribution in [1.29, 1.82) is 0 Å². The van der Waals surface area contributed by atoms with E-state index in [-0.39, 0.29) is 31.2 Å². The van der Waals surface area contributed by atoms with Crippen LogP contribution in [0.15, 0.2) is 75.6 Å². The van der Waals surface area contributed by atoms with Crippen molar-refractivity contribution < 1.29 is 27.4 Å². The molecule has 4 rings (SSSR count). The topological polar surface area (TPSA) is 102 Å². The Kier molecular flexibility index (Phi) is 7.86. The SMILES string of the molecule is COc1ccc(CN(Cc2ccco2)S(=O)(=O)c2ccc(C)cc2)cc1OCc1nc(CO)cs1. The van der Waals surface area contributed by atoms with Gasteiger partial charge in [0.1, 0.15) is 17.4 Å². The van der Waals surface area contributed by atoms with Crippen LogP contribution in [0.4, 0.5) is 0 Å². The first-order chi connectivity index (χ1) is 16.9. The molecule has 0 saturated carbocycles. The van der Waals surface area contributed by atoms with Crippen molar-refractivity contribution in [2.75, 3.05) is 7.11 Å². The number of furan rings is 1. The second-order valence-electron chi connectivity index (χ2n) is 7.83. The number of thiazole rings is 1. The normalized spacial score (nSPS) is 11.7. The third-order valence-corrected chi connectivity index (χ3v) is 7.95. The summed E-state index contributed by atoms with van der Waals surface area (Å²) in [7, 11) is -2.26. The van der Waals surface area contributed by atoms with Crippen LogP contribution in [-0.4, -0.2) is 29.9 Å². The summed E-state index contributed by atoms with van der Waals surface area (Å²) in [4.78, 5) is 4.50. The third kappa shape index (κ3) is 6.09. The summed E-state index contributed by atoms with van der Waals surface area (Å²) >= 11 is 1.39. The molecule has 4 aromatic rings. The van der Waals surface area contributed by atoms with E-state index in [1.807, 2.05) is 6.92 Å².